The van der Waals surface area contributed by atoms with Crippen molar-refractivity contribution in [3.8, 4) is 5.75 Å². The summed E-state index contributed by atoms with van der Waals surface area (Å²) >= 11 is 0. The fourth-order valence-electron chi connectivity index (χ4n) is 1.52. The Kier molecular flexibility index (Phi) is 4.97. The summed E-state index contributed by atoms with van der Waals surface area (Å²) in [7, 11) is 1.58. The second-order valence-electron chi connectivity index (χ2n) is 4.13. The molecule has 1 amide bonds. The Morgan fingerprint density at radius 3 is 2.76 bits per heavy atom. The molecule has 0 aromatic heterocycles. The van der Waals surface area contributed by atoms with Gasteiger partial charge in [-0.25, -0.2) is 0 Å². The lowest BCUT2D eigenvalue weighted by Gasteiger charge is -2.16. The molecule has 0 aliphatic rings. The number of amides is 1. The number of hydrogen-bond acceptors (Lipinski definition) is 3. The van der Waals surface area contributed by atoms with Crippen molar-refractivity contribution < 1.29 is 14.6 Å². The van der Waals surface area contributed by atoms with E-state index < -0.39 is 0 Å². The Morgan fingerprint density at radius 1 is 1.47 bits per heavy atom. The maximum absolute atomic E-state index is 11.6. The van der Waals surface area contributed by atoms with Crippen molar-refractivity contribution in [2.75, 3.05) is 7.11 Å². The number of carbonyl (C=O) groups excluding carboxylic acids is 1. The van der Waals surface area contributed by atoms with Gasteiger partial charge >= 0.3 is 0 Å². The number of methoxy groups -OCH3 is 1. The van der Waals surface area contributed by atoms with Crippen LogP contribution in [-0.4, -0.2) is 24.2 Å². The van der Waals surface area contributed by atoms with E-state index >= 15 is 0 Å². The van der Waals surface area contributed by atoms with Gasteiger partial charge in [-0.1, -0.05) is 12.1 Å². The van der Waals surface area contributed by atoms with Crippen molar-refractivity contribution in [2.24, 2.45) is 0 Å². The van der Waals surface area contributed by atoms with Gasteiger partial charge in [-0.15, -0.1) is 0 Å². The van der Waals surface area contributed by atoms with Crippen LogP contribution in [0.3, 0.4) is 0 Å². The summed E-state index contributed by atoms with van der Waals surface area (Å²) in [6, 6.07) is 6.74. The Labute approximate surface area is 102 Å². The van der Waals surface area contributed by atoms with Crippen LogP contribution in [0.5, 0.6) is 5.75 Å². The molecule has 2 unspecified atom stereocenters. The molecule has 0 bridgehead atoms. The topological polar surface area (TPSA) is 58.6 Å². The summed E-state index contributed by atoms with van der Waals surface area (Å²) in [4.78, 5) is 11.6. The first kappa shape index (κ1) is 13.5. The Hall–Kier alpha value is -1.55. The normalized spacial score (nSPS) is 14.1. The SMILES string of the molecule is COC(C)CC(=O)NC(C)c1cccc(O)c1. The molecule has 1 aromatic carbocycles. The molecule has 0 aliphatic heterocycles. The predicted molar refractivity (Wildman–Crippen MR) is 65.8 cm³/mol. The maximum atomic E-state index is 11.6. The minimum Gasteiger partial charge on any atom is -0.508 e. The van der Waals surface area contributed by atoms with Crippen LogP contribution < -0.4 is 5.32 Å². The molecule has 0 aliphatic carbocycles. The smallest absolute Gasteiger partial charge is 0.223 e. The molecule has 0 radical (unpaired) electrons. The number of phenolic OH excluding ortho intramolecular Hbond substituents is 1. The molecule has 0 saturated heterocycles. The van der Waals surface area contributed by atoms with Crippen LogP contribution >= 0.6 is 0 Å². The van der Waals surface area contributed by atoms with E-state index in [-0.39, 0.29) is 23.8 Å². The molecule has 0 fully saturated rings. The van der Waals surface area contributed by atoms with Crippen molar-refractivity contribution in [1.82, 2.24) is 5.32 Å². The van der Waals surface area contributed by atoms with Crippen LogP contribution in [0.2, 0.25) is 0 Å². The highest BCUT2D eigenvalue weighted by Gasteiger charge is 2.12. The summed E-state index contributed by atoms with van der Waals surface area (Å²) < 4.78 is 5.03. The largest absolute Gasteiger partial charge is 0.508 e. The third-order valence-corrected chi connectivity index (χ3v) is 2.62. The number of benzene rings is 1. The van der Waals surface area contributed by atoms with Gasteiger partial charge in [0.2, 0.25) is 5.91 Å². The number of carbonyl (C=O) groups is 1. The molecule has 0 spiro atoms. The lowest BCUT2D eigenvalue weighted by molar-refractivity contribution is -0.123. The number of aromatic hydroxyl groups is 1. The predicted octanol–water partition coefficient (Wildman–Crippen LogP) is 1.99. The van der Waals surface area contributed by atoms with E-state index in [2.05, 4.69) is 5.32 Å². The van der Waals surface area contributed by atoms with Crippen molar-refractivity contribution in [2.45, 2.75) is 32.4 Å². The number of rotatable bonds is 5. The number of nitrogens with one attached hydrogen (secondary N) is 1. The lowest BCUT2D eigenvalue weighted by Crippen LogP contribution is -2.29. The van der Waals surface area contributed by atoms with Crippen molar-refractivity contribution in [3.63, 3.8) is 0 Å². The van der Waals surface area contributed by atoms with E-state index in [4.69, 9.17) is 4.74 Å². The first-order valence-electron chi connectivity index (χ1n) is 5.64. The van der Waals surface area contributed by atoms with Gasteiger partial charge in [-0.05, 0) is 31.5 Å². The average Bonchev–Trinajstić information content (AvgIpc) is 2.28. The van der Waals surface area contributed by atoms with Crippen molar-refractivity contribution in [3.05, 3.63) is 29.8 Å². The van der Waals surface area contributed by atoms with Crippen LogP contribution in [-0.2, 0) is 9.53 Å². The molecule has 1 aromatic rings. The lowest BCUT2D eigenvalue weighted by atomic mass is 10.1. The van der Waals surface area contributed by atoms with Crippen molar-refractivity contribution >= 4 is 5.91 Å². The monoisotopic (exact) mass is 237 g/mol. The molecule has 0 heterocycles. The van der Waals surface area contributed by atoms with Crippen LogP contribution in [0.1, 0.15) is 31.9 Å². The second-order valence-corrected chi connectivity index (χ2v) is 4.13. The summed E-state index contributed by atoms with van der Waals surface area (Å²) in [6.45, 7) is 3.72. The first-order chi connectivity index (χ1) is 8.02. The Bertz CT molecular complexity index is 379. The van der Waals surface area contributed by atoms with Gasteiger partial charge in [0.05, 0.1) is 18.6 Å². The molecule has 2 N–H and O–H groups in total. The number of phenols is 1. The van der Waals surface area contributed by atoms with Gasteiger partial charge in [0, 0.05) is 7.11 Å². The summed E-state index contributed by atoms with van der Waals surface area (Å²) in [6.07, 6.45) is 0.242. The van der Waals surface area contributed by atoms with E-state index in [0.29, 0.717) is 6.42 Å². The average molecular weight is 237 g/mol. The third-order valence-electron chi connectivity index (χ3n) is 2.62. The quantitative estimate of drug-likeness (QED) is 0.823. The van der Waals surface area contributed by atoms with Crippen molar-refractivity contribution in [1.29, 1.82) is 0 Å². The minimum absolute atomic E-state index is 0.0600. The highest BCUT2D eigenvalue weighted by molar-refractivity contribution is 5.76. The summed E-state index contributed by atoms with van der Waals surface area (Å²) in [5, 5.41) is 12.2. The maximum Gasteiger partial charge on any atom is 0.223 e. The molecule has 0 saturated carbocycles. The molecule has 1 rings (SSSR count). The summed E-state index contributed by atoms with van der Waals surface area (Å²) in [5.74, 6) is 0.143. The Morgan fingerprint density at radius 2 is 2.18 bits per heavy atom. The molecule has 94 valence electrons. The van der Waals surface area contributed by atoms with E-state index in [1.54, 1.807) is 25.3 Å². The molecule has 4 nitrogen and oxygen atoms in total. The zero-order valence-corrected chi connectivity index (χ0v) is 10.4. The molecule has 4 heteroatoms. The van der Waals surface area contributed by atoms with Gasteiger partial charge < -0.3 is 15.2 Å². The fourth-order valence-corrected chi connectivity index (χ4v) is 1.52. The van der Waals surface area contributed by atoms with E-state index in [1.165, 1.54) is 0 Å². The summed E-state index contributed by atoms with van der Waals surface area (Å²) in [5.41, 5.74) is 0.878. The zero-order chi connectivity index (χ0) is 12.8. The van der Waals surface area contributed by atoms with E-state index in [0.717, 1.165) is 5.56 Å². The van der Waals surface area contributed by atoms with Gasteiger partial charge in [-0.2, -0.15) is 0 Å². The van der Waals surface area contributed by atoms with Gasteiger partial charge in [-0.3, -0.25) is 4.79 Å². The van der Waals surface area contributed by atoms with Crippen LogP contribution in [0.4, 0.5) is 0 Å². The molecule has 17 heavy (non-hydrogen) atoms. The van der Waals surface area contributed by atoms with E-state index in [1.807, 2.05) is 19.9 Å². The molecule has 2 atom stereocenters. The first-order valence-corrected chi connectivity index (χ1v) is 5.64. The highest BCUT2D eigenvalue weighted by Crippen LogP contribution is 2.17. The Balaban J connectivity index is 2.54. The van der Waals surface area contributed by atoms with Gasteiger partial charge in [0.1, 0.15) is 5.75 Å². The van der Waals surface area contributed by atoms with Crippen LogP contribution in [0, 0.1) is 0 Å². The standard InChI is InChI=1S/C13H19NO3/c1-9(17-3)7-13(16)14-10(2)11-5-4-6-12(15)8-11/h4-6,8-10,15H,7H2,1-3H3,(H,14,16). The van der Waals surface area contributed by atoms with Crippen LogP contribution in [0.15, 0.2) is 24.3 Å². The minimum atomic E-state index is -0.126. The van der Waals surface area contributed by atoms with Crippen LogP contribution in [0.25, 0.3) is 0 Å². The number of ether oxygens (including phenoxy) is 1. The van der Waals surface area contributed by atoms with Gasteiger partial charge in [0.25, 0.3) is 0 Å². The van der Waals surface area contributed by atoms with Gasteiger partial charge in [0.15, 0.2) is 0 Å². The number of hydrogen-bond donors (Lipinski definition) is 2. The fraction of sp³-hybridized carbons (Fsp3) is 0.462. The van der Waals surface area contributed by atoms with E-state index in [9.17, 15) is 9.90 Å². The second kappa shape index (κ2) is 6.25. The zero-order valence-electron chi connectivity index (χ0n) is 10.4. The molecular weight excluding hydrogens is 218 g/mol. The highest BCUT2D eigenvalue weighted by atomic mass is 16.5. The third kappa shape index (κ3) is 4.44. The molecular formula is C13H19NO3.